The Labute approximate surface area is 112 Å². The molecule has 0 aliphatic rings. The molecule has 0 rings (SSSR count). The summed E-state index contributed by atoms with van der Waals surface area (Å²) in [6, 6.07) is -0.683. The van der Waals surface area contributed by atoms with E-state index < -0.39 is 24.1 Å². The Hall–Kier alpha value is -0.790. The quantitative estimate of drug-likeness (QED) is 0.540. The summed E-state index contributed by atoms with van der Waals surface area (Å²) < 4.78 is 0. The normalized spacial score (nSPS) is 13.4. The molecular weight excluding hydrogens is 258 g/mol. The number of hydrogen-bond acceptors (Lipinski definition) is 5. The van der Waals surface area contributed by atoms with Crippen molar-refractivity contribution in [1.29, 1.82) is 0 Å². The third-order valence-electron chi connectivity index (χ3n) is 1.93. The first-order valence-corrected chi connectivity index (χ1v) is 6.99. The second-order valence-electron chi connectivity index (χ2n) is 4.21. The van der Waals surface area contributed by atoms with Gasteiger partial charge in [-0.25, -0.2) is 4.79 Å². The summed E-state index contributed by atoms with van der Waals surface area (Å²) in [7, 11) is 0. The van der Waals surface area contributed by atoms with Gasteiger partial charge in [0.05, 0.1) is 0 Å². The summed E-state index contributed by atoms with van der Waals surface area (Å²) in [4.78, 5) is 20.1. The van der Waals surface area contributed by atoms with Crippen LogP contribution >= 0.6 is 11.8 Å². The van der Waals surface area contributed by atoms with Gasteiger partial charge >= 0.3 is 11.9 Å². The smallest absolute Gasteiger partial charge is 0.332 e. The molecule has 2 atom stereocenters. The van der Waals surface area contributed by atoms with Crippen LogP contribution in [0.4, 0.5) is 0 Å². The van der Waals surface area contributed by atoms with E-state index in [9.17, 15) is 9.59 Å². The van der Waals surface area contributed by atoms with E-state index in [0.29, 0.717) is 12.8 Å². The van der Waals surface area contributed by atoms with E-state index in [1.54, 1.807) is 11.8 Å². The summed E-state index contributed by atoms with van der Waals surface area (Å²) in [5.41, 5.74) is 5.19. The number of nitrogens with two attached hydrogens (primary N) is 1. The van der Waals surface area contributed by atoms with Gasteiger partial charge in [0.1, 0.15) is 6.04 Å². The molecule has 0 fully saturated rings. The third-order valence-corrected chi connectivity index (χ3v) is 2.57. The van der Waals surface area contributed by atoms with Gasteiger partial charge in [-0.1, -0.05) is 13.8 Å². The molecule has 6 nitrogen and oxygen atoms in total. The average molecular weight is 281 g/mol. The topological polar surface area (TPSA) is 121 Å². The lowest BCUT2D eigenvalue weighted by molar-refractivity contribution is -0.147. The predicted octanol–water partition coefficient (Wildman–Crippen LogP) is 0.629. The summed E-state index contributed by atoms with van der Waals surface area (Å²) in [5, 5.41) is 25.2. The van der Waals surface area contributed by atoms with Gasteiger partial charge in [-0.15, -0.1) is 0 Å². The first-order chi connectivity index (χ1) is 8.22. The zero-order valence-electron chi connectivity index (χ0n) is 11.0. The molecule has 0 saturated carbocycles. The molecule has 0 heterocycles. The first-order valence-electron chi connectivity index (χ1n) is 5.60. The molecule has 0 aromatic heterocycles. The molecular formula is C11H23NO5S. The maximum Gasteiger partial charge on any atom is 0.332 e. The standard InChI is InChI=1S/C6H12O3.C5H11NO2S/c1-4(2)3-5(7)6(8)9;1-9-3-2-4(6)5(7)8/h4-5,7H,3H2,1-2H3,(H,8,9);4H,2-3,6H2,1H3,(H,7,8)/t;4-/m.0/s1. The summed E-state index contributed by atoms with van der Waals surface area (Å²) in [6.07, 6.45) is 1.62. The van der Waals surface area contributed by atoms with Crippen LogP contribution in [-0.4, -0.2) is 51.4 Å². The summed E-state index contributed by atoms with van der Waals surface area (Å²) in [5.74, 6) is -1.00. The Balaban J connectivity index is 0. The predicted molar refractivity (Wildman–Crippen MR) is 71.7 cm³/mol. The third kappa shape index (κ3) is 13.3. The lowest BCUT2D eigenvalue weighted by Crippen LogP contribution is -2.30. The van der Waals surface area contributed by atoms with E-state index >= 15 is 0 Å². The Kier molecular flexibility index (Phi) is 12.3. The van der Waals surface area contributed by atoms with E-state index in [1.807, 2.05) is 20.1 Å². The zero-order valence-corrected chi connectivity index (χ0v) is 11.8. The van der Waals surface area contributed by atoms with Crippen LogP contribution in [0.5, 0.6) is 0 Å². The van der Waals surface area contributed by atoms with Gasteiger partial charge in [0.2, 0.25) is 0 Å². The van der Waals surface area contributed by atoms with E-state index in [2.05, 4.69) is 0 Å². The van der Waals surface area contributed by atoms with Crippen molar-refractivity contribution in [2.45, 2.75) is 38.8 Å². The van der Waals surface area contributed by atoms with Gasteiger partial charge in [0, 0.05) is 0 Å². The van der Waals surface area contributed by atoms with Gasteiger partial charge in [-0.3, -0.25) is 4.79 Å². The number of rotatable bonds is 7. The van der Waals surface area contributed by atoms with Crippen LogP contribution in [-0.2, 0) is 9.59 Å². The molecule has 0 spiro atoms. The van der Waals surface area contributed by atoms with Gasteiger partial charge < -0.3 is 21.1 Å². The lowest BCUT2D eigenvalue weighted by atomic mass is 10.1. The van der Waals surface area contributed by atoms with E-state index in [1.165, 1.54) is 0 Å². The molecule has 0 aliphatic heterocycles. The molecule has 5 N–H and O–H groups in total. The molecule has 7 heteroatoms. The summed E-state index contributed by atoms with van der Waals surface area (Å²) in [6.45, 7) is 3.73. The Morgan fingerprint density at radius 2 is 1.72 bits per heavy atom. The Morgan fingerprint density at radius 1 is 1.22 bits per heavy atom. The number of carboxylic acids is 2. The van der Waals surface area contributed by atoms with Crippen molar-refractivity contribution in [1.82, 2.24) is 0 Å². The average Bonchev–Trinajstić information content (AvgIpc) is 2.25. The van der Waals surface area contributed by atoms with Crippen LogP contribution in [0.15, 0.2) is 0 Å². The molecule has 0 aliphatic carbocycles. The maximum atomic E-state index is 10.1. The molecule has 0 bridgehead atoms. The molecule has 0 aromatic rings. The highest BCUT2D eigenvalue weighted by Gasteiger charge is 2.13. The zero-order chi connectivity index (χ0) is 14.7. The highest BCUT2D eigenvalue weighted by Crippen LogP contribution is 2.03. The monoisotopic (exact) mass is 281 g/mol. The van der Waals surface area contributed by atoms with Gasteiger partial charge in [-0.2, -0.15) is 11.8 Å². The number of aliphatic hydroxyl groups excluding tert-OH is 1. The Bertz CT molecular complexity index is 248. The molecule has 18 heavy (non-hydrogen) atoms. The SMILES string of the molecule is CC(C)CC(O)C(=O)O.CSCC[C@H](N)C(=O)O. The summed E-state index contributed by atoms with van der Waals surface area (Å²) >= 11 is 1.60. The van der Waals surface area contributed by atoms with Crippen molar-refractivity contribution < 1.29 is 24.9 Å². The van der Waals surface area contributed by atoms with Crippen LogP contribution in [0.2, 0.25) is 0 Å². The van der Waals surface area contributed by atoms with Gasteiger partial charge in [0.25, 0.3) is 0 Å². The molecule has 0 aromatic carbocycles. The highest BCUT2D eigenvalue weighted by molar-refractivity contribution is 7.98. The lowest BCUT2D eigenvalue weighted by Gasteiger charge is -2.06. The number of hydrogen-bond donors (Lipinski definition) is 4. The molecule has 0 amide bonds. The molecule has 0 radical (unpaired) electrons. The molecule has 108 valence electrons. The van der Waals surface area contributed by atoms with Crippen molar-refractivity contribution in [3.05, 3.63) is 0 Å². The number of thioether (sulfide) groups is 1. The fourth-order valence-corrected chi connectivity index (χ4v) is 1.41. The van der Waals surface area contributed by atoms with Crippen molar-refractivity contribution in [3.8, 4) is 0 Å². The fourth-order valence-electron chi connectivity index (χ4n) is 0.916. The van der Waals surface area contributed by atoms with Crippen molar-refractivity contribution in [3.63, 3.8) is 0 Å². The van der Waals surface area contributed by atoms with Crippen LogP contribution in [0, 0.1) is 5.92 Å². The van der Waals surface area contributed by atoms with E-state index in [0.717, 1.165) is 5.75 Å². The van der Waals surface area contributed by atoms with Gasteiger partial charge in [-0.05, 0) is 30.8 Å². The molecule has 0 saturated heterocycles. The number of carbonyl (C=O) groups is 2. The Morgan fingerprint density at radius 3 is 1.94 bits per heavy atom. The minimum absolute atomic E-state index is 0.232. The minimum atomic E-state index is -1.19. The van der Waals surface area contributed by atoms with Crippen LogP contribution < -0.4 is 5.73 Å². The number of aliphatic hydroxyl groups is 1. The van der Waals surface area contributed by atoms with Crippen LogP contribution in [0.1, 0.15) is 26.7 Å². The minimum Gasteiger partial charge on any atom is -0.480 e. The van der Waals surface area contributed by atoms with Crippen molar-refractivity contribution in [2.24, 2.45) is 11.7 Å². The second kappa shape index (κ2) is 11.3. The number of carboxylic acid groups (broad SMARTS) is 2. The first kappa shape index (κ1) is 19.5. The van der Waals surface area contributed by atoms with Crippen molar-refractivity contribution in [2.75, 3.05) is 12.0 Å². The maximum absolute atomic E-state index is 10.1. The fraction of sp³-hybridized carbons (Fsp3) is 0.818. The van der Waals surface area contributed by atoms with E-state index in [-0.39, 0.29) is 5.92 Å². The van der Waals surface area contributed by atoms with Crippen LogP contribution in [0.3, 0.4) is 0 Å². The largest absolute Gasteiger partial charge is 0.480 e. The number of aliphatic carboxylic acids is 2. The van der Waals surface area contributed by atoms with E-state index in [4.69, 9.17) is 21.1 Å². The molecule has 1 unspecified atom stereocenters. The second-order valence-corrected chi connectivity index (χ2v) is 5.20. The van der Waals surface area contributed by atoms with Crippen molar-refractivity contribution >= 4 is 23.7 Å². The van der Waals surface area contributed by atoms with Gasteiger partial charge in [0.15, 0.2) is 6.10 Å². The highest BCUT2D eigenvalue weighted by atomic mass is 32.2. The van der Waals surface area contributed by atoms with Crippen LogP contribution in [0.25, 0.3) is 0 Å².